The normalized spacial score (nSPS) is 11.8. The van der Waals surface area contributed by atoms with Crippen molar-refractivity contribution in [3.63, 3.8) is 0 Å². The molecule has 4 aromatic carbocycles. The molecule has 0 fully saturated rings. The topological polar surface area (TPSA) is 44.0 Å². The van der Waals surface area contributed by atoms with Crippen LogP contribution in [0.5, 0.6) is 0 Å². The SMILES string of the molecule is CC(C)(C)n1c(=O)c2[c-]c(ccc2)c2ccccc2n(C(C)(C)C)c(=O)c2[c-]c(ccc2)c2ccccc21.[Pt+4]. The Morgan fingerprint density at radius 1 is 0.487 bits per heavy atom. The average molecular weight is 696 g/mol. The number of fused-ring (bicyclic) bond motifs is 8. The fourth-order valence-electron chi connectivity index (χ4n) is 5.09. The fraction of sp³-hybridized carbons (Fsp3) is 0.235. The fourth-order valence-corrected chi connectivity index (χ4v) is 5.09. The molecule has 0 unspecified atom stereocenters. The summed E-state index contributed by atoms with van der Waals surface area (Å²) < 4.78 is 3.64. The standard InChI is InChI=1S/C34H32N2O2.Pt/c1-33(2,3)35-29-19-9-7-17-27(29)23-13-12-16-26(22-23)32(38)36(34(4,5)6)30-20-10-8-18-28(30)24-14-11-15-25(21-24)31(35)37;/h7-20H,1-6H3;/q-2;+4. The maximum absolute atomic E-state index is 14.2. The van der Waals surface area contributed by atoms with Crippen molar-refractivity contribution in [2.45, 2.75) is 52.6 Å². The number of rotatable bonds is 0. The summed E-state index contributed by atoms with van der Waals surface area (Å²) in [5.41, 5.74) is 0.192. The first kappa shape index (κ1) is 28.5. The minimum atomic E-state index is -0.525. The summed E-state index contributed by atoms with van der Waals surface area (Å²) in [6.07, 6.45) is 0. The van der Waals surface area contributed by atoms with Crippen LogP contribution in [0, 0.1) is 12.1 Å². The van der Waals surface area contributed by atoms with Gasteiger partial charge in [0.05, 0.1) is 0 Å². The zero-order chi connectivity index (χ0) is 27.2. The zero-order valence-electron chi connectivity index (χ0n) is 23.1. The van der Waals surface area contributed by atoms with Crippen LogP contribution in [0.4, 0.5) is 0 Å². The van der Waals surface area contributed by atoms with E-state index in [-0.39, 0.29) is 32.2 Å². The summed E-state index contributed by atoms with van der Waals surface area (Å²) in [6, 6.07) is 33.7. The number of hydrogen-bond donors (Lipinski definition) is 0. The van der Waals surface area contributed by atoms with Crippen molar-refractivity contribution < 1.29 is 21.1 Å². The summed E-state index contributed by atoms with van der Waals surface area (Å²) >= 11 is 0. The molecule has 1 heterocycles. The van der Waals surface area contributed by atoms with Crippen LogP contribution in [0.3, 0.4) is 0 Å². The van der Waals surface area contributed by atoms with Gasteiger partial charge in [-0.3, -0.25) is 0 Å². The van der Waals surface area contributed by atoms with E-state index in [1.54, 1.807) is 12.1 Å². The molecule has 5 aromatic rings. The van der Waals surface area contributed by atoms with Crippen LogP contribution >= 0.6 is 0 Å². The third kappa shape index (κ3) is 5.36. The maximum Gasteiger partial charge on any atom is 4.00 e. The van der Waals surface area contributed by atoms with Crippen molar-refractivity contribution in [1.82, 2.24) is 9.13 Å². The Hall–Kier alpha value is -3.49. The third-order valence-electron chi connectivity index (χ3n) is 6.67. The largest absolute Gasteiger partial charge is 4.00 e. The first-order chi connectivity index (χ1) is 18.0. The summed E-state index contributed by atoms with van der Waals surface area (Å²) in [4.78, 5) is 28.4. The van der Waals surface area contributed by atoms with E-state index in [2.05, 4.69) is 12.1 Å². The monoisotopic (exact) mass is 695 g/mol. The molecule has 4 bridgehead atoms. The van der Waals surface area contributed by atoms with Gasteiger partial charge in [0.2, 0.25) is 0 Å². The second kappa shape index (κ2) is 10.6. The molecule has 198 valence electrons. The van der Waals surface area contributed by atoms with Crippen molar-refractivity contribution in [2.75, 3.05) is 0 Å². The minimum absolute atomic E-state index is 0. The van der Waals surface area contributed by atoms with Gasteiger partial charge >= 0.3 is 21.1 Å². The number of aromatic nitrogens is 2. The Balaban J connectivity index is 0.00000353. The molecular formula is C34H32N2O2Pt+2. The molecule has 0 amide bonds. The summed E-state index contributed by atoms with van der Waals surface area (Å²) in [7, 11) is 0. The molecular weight excluding hydrogens is 663 g/mol. The molecule has 0 spiro atoms. The summed E-state index contributed by atoms with van der Waals surface area (Å²) in [5.74, 6) is 0. The third-order valence-corrected chi connectivity index (χ3v) is 6.67. The van der Waals surface area contributed by atoms with E-state index in [4.69, 9.17) is 0 Å². The average Bonchev–Trinajstić information content (AvgIpc) is 2.87. The molecule has 0 aliphatic rings. The van der Waals surface area contributed by atoms with Crippen LogP contribution in [-0.4, -0.2) is 9.13 Å². The smallest absolute Gasteiger partial charge is 0.342 e. The van der Waals surface area contributed by atoms with Crippen LogP contribution in [0.25, 0.3) is 43.4 Å². The van der Waals surface area contributed by atoms with Crippen molar-refractivity contribution in [3.05, 3.63) is 118 Å². The predicted molar refractivity (Wildman–Crippen MR) is 159 cm³/mol. The van der Waals surface area contributed by atoms with Gasteiger partial charge < -0.3 is 18.7 Å². The van der Waals surface area contributed by atoms with Crippen LogP contribution in [0.15, 0.2) is 94.5 Å². The predicted octanol–water partition coefficient (Wildman–Crippen LogP) is 7.42. The second-order valence-corrected chi connectivity index (χ2v) is 11.6. The van der Waals surface area contributed by atoms with Gasteiger partial charge in [0.15, 0.2) is 11.1 Å². The first-order valence-electron chi connectivity index (χ1n) is 12.9. The van der Waals surface area contributed by atoms with E-state index >= 15 is 0 Å². The maximum atomic E-state index is 14.2. The van der Waals surface area contributed by atoms with Gasteiger partial charge in [0.1, 0.15) is 0 Å². The summed E-state index contributed by atoms with van der Waals surface area (Å²) in [6.45, 7) is 12.1. The van der Waals surface area contributed by atoms with Gasteiger partial charge in [-0.25, -0.2) is 0 Å². The van der Waals surface area contributed by atoms with Crippen LogP contribution in [0.2, 0.25) is 0 Å². The van der Waals surface area contributed by atoms with Gasteiger partial charge in [0, 0.05) is 22.1 Å². The Bertz CT molecular complexity index is 1790. The van der Waals surface area contributed by atoms with E-state index in [0.29, 0.717) is 10.8 Å². The van der Waals surface area contributed by atoms with Gasteiger partial charge in [-0.2, -0.15) is 0 Å². The van der Waals surface area contributed by atoms with E-state index in [1.807, 2.05) is 123 Å². The van der Waals surface area contributed by atoms with E-state index in [9.17, 15) is 9.59 Å². The van der Waals surface area contributed by atoms with Crippen molar-refractivity contribution >= 4 is 43.4 Å². The van der Waals surface area contributed by atoms with Crippen molar-refractivity contribution in [3.8, 4) is 0 Å². The van der Waals surface area contributed by atoms with Gasteiger partial charge in [0.25, 0.3) is 0 Å². The van der Waals surface area contributed by atoms with Crippen LogP contribution in [0.1, 0.15) is 41.5 Å². The quantitative estimate of drug-likeness (QED) is 0.159. The molecule has 39 heavy (non-hydrogen) atoms. The van der Waals surface area contributed by atoms with Gasteiger partial charge in [-0.15, -0.1) is 59.3 Å². The Kier molecular flexibility index (Phi) is 7.74. The van der Waals surface area contributed by atoms with E-state index in [0.717, 1.165) is 32.6 Å². The molecule has 4 nitrogen and oxygen atoms in total. The van der Waals surface area contributed by atoms with Gasteiger partial charge in [-0.1, -0.05) is 57.9 Å². The Morgan fingerprint density at radius 2 is 0.821 bits per heavy atom. The van der Waals surface area contributed by atoms with Crippen molar-refractivity contribution in [2.24, 2.45) is 0 Å². The minimum Gasteiger partial charge on any atom is -0.342 e. The van der Waals surface area contributed by atoms with Crippen molar-refractivity contribution in [1.29, 1.82) is 0 Å². The molecule has 0 atom stereocenters. The molecule has 5 rings (SSSR count). The van der Waals surface area contributed by atoms with Crippen LogP contribution < -0.4 is 11.1 Å². The van der Waals surface area contributed by atoms with E-state index < -0.39 is 11.1 Å². The molecule has 0 aliphatic heterocycles. The molecule has 0 aliphatic carbocycles. The zero-order valence-corrected chi connectivity index (χ0v) is 25.4. The van der Waals surface area contributed by atoms with Crippen LogP contribution in [-0.2, 0) is 32.1 Å². The Labute approximate surface area is 243 Å². The molecule has 0 saturated carbocycles. The molecule has 5 heteroatoms. The number of hydrogen-bond acceptors (Lipinski definition) is 2. The second-order valence-electron chi connectivity index (χ2n) is 11.6. The molecule has 0 saturated heterocycles. The molecule has 0 radical (unpaired) electrons. The molecule has 1 aromatic heterocycles. The van der Waals surface area contributed by atoms with E-state index in [1.165, 1.54) is 0 Å². The number of nitrogens with zero attached hydrogens (tertiary/aromatic N) is 2. The number of benzene rings is 4. The number of para-hydroxylation sites is 2. The van der Waals surface area contributed by atoms with Gasteiger partial charge in [-0.05, 0) is 53.7 Å². The Morgan fingerprint density at radius 3 is 1.18 bits per heavy atom. The molecule has 0 N–H and O–H groups in total. The summed E-state index contributed by atoms with van der Waals surface area (Å²) in [5, 5.41) is 4.11. The first-order valence-corrected chi connectivity index (χ1v) is 12.9.